The van der Waals surface area contributed by atoms with Crippen molar-refractivity contribution in [1.29, 1.82) is 0 Å². The second-order valence-electron chi connectivity index (χ2n) is 4.48. The molecule has 0 unspecified atom stereocenters. The molecule has 2 rings (SSSR count). The van der Waals surface area contributed by atoms with Crippen LogP contribution in [0.2, 0.25) is 0 Å². The summed E-state index contributed by atoms with van der Waals surface area (Å²) >= 11 is 0. The highest BCUT2D eigenvalue weighted by Gasteiger charge is 2.15. The Bertz CT molecular complexity index is 339. The SMILES string of the molecule is Cl.NC1CCN(CCOc2ccc(F)cc2)CC1. The van der Waals surface area contributed by atoms with Crippen LogP contribution < -0.4 is 10.5 Å². The Labute approximate surface area is 114 Å². The van der Waals surface area contributed by atoms with E-state index >= 15 is 0 Å². The highest BCUT2D eigenvalue weighted by molar-refractivity contribution is 5.85. The monoisotopic (exact) mass is 274 g/mol. The smallest absolute Gasteiger partial charge is 0.123 e. The van der Waals surface area contributed by atoms with Gasteiger partial charge >= 0.3 is 0 Å². The van der Waals surface area contributed by atoms with Gasteiger partial charge in [0.15, 0.2) is 0 Å². The van der Waals surface area contributed by atoms with E-state index in [4.69, 9.17) is 10.5 Å². The lowest BCUT2D eigenvalue weighted by atomic mass is 10.1. The molecule has 0 aliphatic carbocycles. The van der Waals surface area contributed by atoms with Crippen molar-refractivity contribution in [3.8, 4) is 5.75 Å². The number of nitrogens with two attached hydrogens (primary N) is 1. The maximum atomic E-state index is 12.7. The molecule has 2 N–H and O–H groups in total. The van der Waals surface area contributed by atoms with E-state index in [-0.39, 0.29) is 18.2 Å². The third kappa shape index (κ3) is 4.80. The first-order valence-electron chi connectivity index (χ1n) is 6.10. The molecular formula is C13H20ClFN2O. The zero-order chi connectivity index (χ0) is 12.1. The summed E-state index contributed by atoms with van der Waals surface area (Å²) in [6, 6.07) is 6.50. The summed E-state index contributed by atoms with van der Waals surface area (Å²) in [5.74, 6) is 0.488. The highest BCUT2D eigenvalue weighted by atomic mass is 35.5. The Morgan fingerprint density at radius 1 is 1.22 bits per heavy atom. The lowest BCUT2D eigenvalue weighted by Crippen LogP contribution is -2.41. The molecule has 3 nitrogen and oxygen atoms in total. The van der Waals surface area contributed by atoms with Crippen molar-refractivity contribution >= 4 is 12.4 Å². The number of likely N-dealkylation sites (tertiary alicyclic amines) is 1. The summed E-state index contributed by atoms with van der Waals surface area (Å²) in [4.78, 5) is 2.35. The molecule has 0 bridgehead atoms. The van der Waals surface area contributed by atoms with E-state index in [0.29, 0.717) is 12.6 Å². The van der Waals surface area contributed by atoms with Crippen molar-refractivity contribution in [2.75, 3.05) is 26.2 Å². The second-order valence-corrected chi connectivity index (χ2v) is 4.48. The predicted molar refractivity (Wildman–Crippen MR) is 72.8 cm³/mol. The standard InChI is InChI=1S/C13H19FN2O.ClH/c14-11-1-3-13(4-2-11)17-10-9-16-7-5-12(15)6-8-16;/h1-4,12H,5-10,15H2;1H. The third-order valence-corrected chi connectivity index (χ3v) is 3.12. The Hall–Kier alpha value is -0.840. The topological polar surface area (TPSA) is 38.5 Å². The van der Waals surface area contributed by atoms with Gasteiger partial charge in [-0.05, 0) is 50.2 Å². The Morgan fingerprint density at radius 3 is 2.44 bits per heavy atom. The van der Waals surface area contributed by atoms with E-state index in [1.54, 1.807) is 12.1 Å². The largest absolute Gasteiger partial charge is 0.492 e. The van der Waals surface area contributed by atoms with E-state index in [1.807, 2.05) is 0 Å². The first-order valence-corrected chi connectivity index (χ1v) is 6.10. The number of nitrogens with zero attached hydrogens (tertiary/aromatic N) is 1. The zero-order valence-corrected chi connectivity index (χ0v) is 11.2. The van der Waals surface area contributed by atoms with Crippen LogP contribution in [-0.4, -0.2) is 37.2 Å². The maximum absolute atomic E-state index is 12.7. The van der Waals surface area contributed by atoms with Gasteiger partial charge in [0.05, 0.1) is 0 Å². The summed E-state index contributed by atoms with van der Waals surface area (Å²) in [7, 11) is 0. The van der Waals surface area contributed by atoms with Gasteiger partial charge in [0.25, 0.3) is 0 Å². The quantitative estimate of drug-likeness (QED) is 0.913. The molecule has 1 heterocycles. The fourth-order valence-corrected chi connectivity index (χ4v) is 2.00. The minimum Gasteiger partial charge on any atom is -0.492 e. The van der Waals surface area contributed by atoms with Crippen molar-refractivity contribution in [1.82, 2.24) is 4.90 Å². The van der Waals surface area contributed by atoms with Gasteiger partial charge < -0.3 is 10.5 Å². The molecule has 1 aliphatic heterocycles. The minimum atomic E-state index is -0.234. The van der Waals surface area contributed by atoms with Crippen LogP contribution >= 0.6 is 12.4 Å². The molecule has 0 atom stereocenters. The van der Waals surface area contributed by atoms with E-state index in [1.165, 1.54) is 12.1 Å². The normalized spacial score (nSPS) is 17.2. The Kier molecular flexibility index (Phi) is 6.39. The van der Waals surface area contributed by atoms with Gasteiger partial charge in [0.2, 0.25) is 0 Å². The Morgan fingerprint density at radius 2 is 1.83 bits per heavy atom. The van der Waals surface area contributed by atoms with E-state index in [0.717, 1.165) is 38.2 Å². The van der Waals surface area contributed by atoms with Crippen LogP contribution in [0.3, 0.4) is 0 Å². The number of halogens is 2. The van der Waals surface area contributed by atoms with Gasteiger partial charge in [-0.3, -0.25) is 4.90 Å². The summed E-state index contributed by atoms with van der Waals surface area (Å²) < 4.78 is 18.2. The van der Waals surface area contributed by atoms with Gasteiger partial charge in [0, 0.05) is 12.6 Å². The van der Waals surface area contributed by atoms with Crippen LogP contribution in [0.1, 0.15) is 12.8 Å². The van der Waals surface area contributed by atoms with Crippen LogP contribution in [0.4, 0.5) is 4.39 Å². The average molecular weight is 275 g/mol. The third-order valence-electron chi connectivity index (χ3n) is 3.12. The molecule has 1 fully saturated rings. The molecule has 1 saturated heterocycles. The number of benzene rings is 1. The number of piperidine rings is 1. The summed E-state index contributed by atoms with van der Waals surface area (Å²) in [5.41, 5.74) is 5.84. The van der Waals surface area contributed by atoms with Crippen LogP contribution in [0.15, 0.2) is 24.3 Å². The van der Waals surface area contributed by atoms with Crippen LogP contribution in [0.25, 0.3) is 0 Å². The maximum Gasteiger partial charge on any atom is 0.123 e. The van der Waals surface area contributed by atoms with Gasteiger partial charge in [-0.25, -0.2) is 4.39 Å². The summed E-state index contributed by atoms with van der Waals surface area (Å²) in [6.45, 7) is 3.65. The fourth-order valence-electron chi connectivity index (χ4n) is 2.00. The summed E-state index contributed by atoms with van der Waals surface area (Å²) in [5, 5.41) is 0. The van der Waals surface area contributed by atoms with Crippen molar-refractivity contribution in [3.63, 3.8) is 0 Å². The molecule has 0 aromatic heterocycles. The molecule has 5 heteroatoms. The van der Waals surface area contributed by atoms with Crippen LogP contribution in [-0.2, 0) is 0 Å². The zero-order valence-electron chi connectivity index (χ0n) is 10.3. The fraction of sp³-hybridized carbons (Fsp3) is 0.538. The summed E-state index contributed by atoms with van der Waals surface area (Å²) in [6.07, 6.45) is 2.13. The second kappa shape index (κ2) is 7.56. The molecule has 1 aromatic rings. The molecule has 1 aromatic carbocycles. The first-order chi connectivity index (χ1) is 8.24. The van der Waals surface area contributed by atoms with Crippen molar-refractivity contribution in [2.24, 2.45) is 5.73 Å². The first kappa shape index (κ1) is 15.2. The number of hydrogen-bond acceptors (Lipinski definition) is 3. The average Bonchev–Trinajstić information content (AvgIpc) is 2.34. The molecule has 0 amide bonds. The van der Waals surface area contributed by atoms with Crippen LogP contribution in [0, 0.1) is 5.82 Å². The van der Waals surface area contributed by atoms with E-state index < -0.39 is 0 Å². The lowest BCUT2D eigenvalue weighted by Gasteiger charge is -2.29. The molecule has 0 radical (unpaired) electrons. The lowest BCUT2D eigenvalue weighted by molar-refractivity contribution is 0.174. The highest BCUT2D eigenvalue weighted by Crippen LogP contribution is 2.12. The number of hydrogen-bond donors (Lipinski definition) is 1. The minimum absolute atomic E-state index is 0. The molecule has 1 aliphatic rings. The molecular weight excluding hydrogens is 255 g/mol. The van der Waals surface area contributed by atoms with Gasteiger partial charge in [-0.15, -0.1) is 12.4 Å². The molecule has 18 heavy (non-hydrogen) atoms. The molecule has 102 valence electrons. The van der Waals surface area contributed by atoms with Crippen molar-refractivity contribution < 1.29 is 9.13 Å². The number of ether oxygens (including phenoxy) is 1. The Balaban J connectivity index is 0.00000162. The van der Waals surface area contributed by atoms with Gasteiger partial charge in [0.1, 0.15) is 18.2 Å². The predicted octanol–water partition coefficient (Wildman–Crippen LogP) is 2.05. The van der Waals surface area contributed by atoms with Crippen LogP contribution in [0.5, 0.6) is 5.75 Å². The molecule has 0 saturated carbocycles. The van der Waals surface area contributed by atoms with Crippen molar-refractivity contribution in [3.05, 3.63) is 30.1 Å². The number of rotatable bonds is 4. The molecule has 0 spiro atoms. The van der Waals surface area contributed by atoms with E-state index in [2.05, 4.69) is 4.90 Å². The van der Waals surface area contributed by atoms with Crippen molar-refractivity contribution in [2.45, 2.75) is 18.9 Å². The van der Waals surface area contributed by atoms with Gasteiger partial charge in [-0.1, -0.05) is 0 Å². The van der Waals surface area contributed by atoms with E-state index in [9.17, 15) is 4.39 Å². The van der Waals surface area contributed by atoms with Gasteiger partial charge in [-0.2, -0.15) is 0 Å².